The van der Waals surface area contributed by atoms with Gasteiger partial charge in [0.1, 0.15) is 0 Å². The summed E-state index contributed by atoms with van der Waals surface area (Å²) in [6.45, 7) is 17.2. The number of likely N-dealkylation sites (N-methyl/N-ethyl adjacent to an activating group) is 1. The number of hydrogen-bond donors (Lipinski definition) is 5. The minimum atomic E-state index is -1.62. The number of ether oxygens (including phenoxy) is 6. The van der Waals surface area contributed by atoms with Gasteiger partial charge in [0.15, 0.2) is 36.6 Å². The van der Waals surface area contributed by atoms with Gasteiger partial charge in [-0.1, -0.05) is 13.8 Å². The zero-order valence-corrected chi connectivity index (χ0v) is 38.4. The van der Waals surface area contributed by atoms with E-state index in [1.807, 2.05) is 0 Å². The van der Waals surface area contributed by atoms with Crippen LogP contribution in [-0.4, -0.2) is 137 Å². The molecule has 22 nitrogen and oxygen atoms in total. The topological polar surface area (TPSA) is 301 Å². The van der Waals surface area contributed by atoms with Crippen molar-refractivity contribution in [3.8, 4) is 0 Å². The number of carbonyl (C=O) groups is 10. The number of nitrogens with one attached hydrogen (secondary N) is 4. The number of aromatic nitrogens is 1. The van der Waals surface area contributed by atoms with Gasteiger partial charge in [-0.15, -0.1) is 0 Å². The predicted molar refractivity (Wildman–Crippen MR) is 232 cm³/mol. The van der Waals surface area contributed by atoms with Crippen molar-refractivity contribution in [3.05, 3.63) is 46.3 Å². The van der Waals surface area contributed by atoms with Crippen LogP contribution in [0.15, 0.2) is 18.2 Å². The van der Waals surface area contributed by atoms with Gasteiger partial charge >= 0.3 is 41.8 Å². The Morgan fingerprint density at radius 3 is 1.68 bits per heavy atom. The smallest absolute Gasteiger partial charge is 0.347 e. The maximum Gasteiger partial charge on any atom is 0.347 e. The van der Waals surface area contributed by atoms with Gasteiger partial charge in [0.2, 0.25) is 5.91 Å². The molecule has 1 aromatic heterocycles. The summed E-state index contributed by atoms with van der Waals surface area (Å²) in [6.07, 6.45) is -8.59. The summed E-state index contributed by atoms with van der Waals surface area (Å²) in [7, 11) is 0. The third-order valence-electron chi connectivity index (χ3n) is 10.0. The summed E-state index contributed by atoms with van der Waals surface area (Å²) in [4.78, 5) is 130. The second-order valence-electron chi connectivity index (χ2n) is 15.1. The van der Waals surface area contributed by atoms with Crippen molar-refractivity contribution in [2.75, 3.05) is 36.8 Å². The normalized spacial score (nSPS) is 15.1. The number of aliphatic carboxylic acids is 1. The molecular weight excluding hydrogens is 871 g/mol. The van der Waals surface area contributed by atoms with Crippen LogP contribution in [0, 0.1) is 13.8 Å². The van der Waals surface area contributed by atoms with E-state index in [1.165, 1.54) is 0 Å². The first-order valence-corrected chi connectivity index (χ1v) is 21.1. The van der Waals surface area contributed by atoms with Crippen molar-refractivity contribution < 1.29 is 81.5 Å². The Morgan fingerprint density at radius 2 is 1.20 bits per heavy atom. The minimum absolute atomic E-state index is 0.232. The van der Waals surface area contributed by atoms with Crippen LogP contribution in [-0.2, 0) is 71.6 Å². The van der Waals surface area contributed by atoms with Gasteiger partial charge in [0.25, 0.3) is 11.8 Å². The largest absolute Gasteiger partial charge is 0.479 e. The molecule has 3 rings (SSSR count). The number of fused-ring (bicyclic) bond motifs is 1. The number of hydrogen-bond acceptors (Lipinski definition) is 17. The van der Waals surface area contributed by atoms with Crippen LogP contribution < -0.4 is 16.0 Å². The minimum Gasteiger partial charge on any atom is -0.479 e. The molecule has 0 saturated carbocycles. The lowest BCUT2D eigenvalue weighted by Crippen LogP contribution is -2.39. The highest BCUT2D eigenvalue weighted by Crippen LogP contribution is 2.36. The predicted octanol–water partition coefficient (Wildman–Crippen LogP) is 2.59. The lowest BCUT2D eigenvalue weighted by atomic mass is 10.0. The Balaban J connectivity index is 1.48. The molecule has 1 aromatic carbocycles. The number of aromatic amines is 1. The summed E-state index contributed by atoms with van der Waals surface area (Å²) >= 11 is 0. The zero-order chi connectivity index (χ0) is 49.6. The van der Waals surface area contributed by atoms with Crippen molar-refractivity contribution in [1.82, 2.24) is 15.2 Å². The number of esters is 6. The molecule has 3 amide bonds. The number of amides is 3. The molecule has 360 valence electrons. The molecular formula is C44H57N5O17. The highest BCUT2D eigenvalue weighted by Gasteiger charge is 2.33. The van der Waals surface area contributed by atoms with Gasteiger partial charge in [-0.2, -0.15) is 0 Å². The quantitative estimate of drug-likeness (QED) is 0.0608. The molecule has 1 aliphatic heterocycles. The van der Waals surface area contributed by atoms with Crippen molar-refractivity contribution in [2.24, 2.45) is 0 Å². The average Bonchev–Trinajstić information content (AvgIpc) is 3.72. The number of nitrogens with zero attached hydrogens (tertiary/aromatic N) is 1. The molecule has 1 aliphatic rings. The fraction of sp³-hybridized carbons (Fsp3) is 0.500. The number of carbonyl (C=O) groups excluding carboxylic acids is 9. The van der Waals surface area contributed by atoms with Gasteiger partial charge in [-0.3, -0.25) is 19.2 Å². The van der Waals surface area contributed by atoms with Crippen molar-refractivity contribution >= 4 is 82.5 Å². The van der Waals surface area contributed by atoms with E-state index in [2.05, 4.69) is 44.4 Å². The molecule has 0 fully saturated rings. The SMILES string of the molecule is CCN(CC)CCNC(=O)c1c(C)[nH]c(/C=C2\C(=O)Nc3ccc(NC(=O)CCC(=O)O[C@@H](C)C(=O)O[C@@H](C)C(=O)O[C@@H](C)C(=O)O[C@@H](C)C(=O)O[C@@H](C)C(=O)O[C@@H](C)C(=O)O)cc32)c1C. The molecule has 0 saturated heterocycles. The molecule has 22 heteroatoms. The van der Waals surface area contributed by atoms with Gasteiger partial charge < -0.3 is 59.4 Å². The van der Waals surface area contributed by atoms with Crippen LogP contribution in [0.25, 0.3) is 11.6 Å². The summed E-state index contributed by atoms with van der Waals surface area (Å²) in [5.74, 6) is -9.52. The summed E-state index contributed by atoms with van der Waals surface area (Å²) in [6, 6.07) is 4.76. The van der Waals surface area contributed by atoms with E-state index in [9.17, 15) is 47.9 Å². The summed E-state index contributed by atoms with van der Waals surface area (Å²) < 4.78 is 29.4. The van der Waals surface area contributed by atoms with Crippen LogP contribution in [0.4, 0.5) is 11.4 Å². The number of carboxylic acids is 1. The molecule has 6 atom stereocenters. The molecule has 0 bridgehead atoms. The number of rotatable bonds is 23. The standard InChI is InChI=1S/C44H57N5O17/c1-11-49(12-2)18-17-45-38(53)36-21(3)33(46-22(36)4)20-31-30-19-29(13-14-32(30)48-37(31)52)47-34(50)15-16-35(51)61-24(6)40(56)63-26(8)42(58)65-28(10)44(60)66-27(9)43(59)64-25(7)41(57)62-23(5)39(54)55/h13-14,19-20,23-28,46H,11-12,15-18H2,1-10H3,(H,45,53)(H,47,50)(H,48,52)(H,54,55)/b31-20-/t23-,24-,25-,26-,27-,28-/m0/s1. The van der Waals surface area contributed by atoms with E-state index in [-0.39, 0.29) is 18.2 Å². The molecule has 0 unspecified atom stereocenters. The number of benzene rings is 1. The van der Waals surface area contributed by atoms with Gasteiger partial charge in [-0.25, -0.2) is 28.8 Å². The lowest BCUT2D eigenvalue weighted by molar-refractivity contribution is -0.187. The molecule has 5 N–H and O–H groups in total. The second-order valence-corrected chi connectivity index (χ2v) is 15.1. The third-order valence-corrected chi connectivity index (χ3v) is 10.0. The third kappa shape index (κ3) is 15.0. The Bertz CT molecular complexity index is 2230. The molecule has 0 radical (unpaired) electrons. The second kappa shape index (κ2) is 24.3. The van der Waals surface area contributed by atoms with E-state index in [4.69, 9.17) is 28.8 Å². The van der Waals surface area contributed by atoms with Gasteiger partial charge in [0.05, 0.1) is 17.6 Å². The Hall–Kier alpha value is -7.10. The summed E-state index contributed by atoms with van der Waals surface area (Å²) in [5, 5.41) is 17.3. The fourth-order valence-corrected chi connectivity index (χ4v) is 6.10. The fourth-order valence-electron chi connectivity index (χ4n) is 6.10. The highest BCUT2D eigenvalue weighted by atomic mass is 16.6. The first-order valence-electron chi connectivity index (χ1n) is 21.1. The summed E-state index contributed by atoms with van der Waals surface area (Å²) in [5.41, 5.74) is 3.94. The maximum atomic E-state index is 13.1. The highest BCUT2D eigenvalue weighted by molar-refractivity contribution is 6.35. The Kier molecular flexibility index (Phi) is 19.6. The number of aryl methyl sites for hydroxylation is 1. The van der Waals surface area contributed by atoms with Crippen LogP contribution in [0.5, 0.6) is 0 Å². The van der Waals surface area contributed by atoms with E-state index in [0.29, 0.717) is 58.1 Å². The van der Waals surface area contributed by atoms with Crippen molar-refractivity contribution in [1.29, 1.82) is 0 Å². The Morgan fingerprint density at radius 1 is 0.712 bits per heavy atom. The van der Waals surface area contributed by atoms with E-state index < -0.39 is 90.7 Å². The molecule has 0 aliphatic carbocycles. The lowest BCUT2D eigenvalue weighted by Gasteiger charge is -2.20. The maximum absolute atomic E-state index is 13.1. The first-order chi connectivity index (χ1) is 31.0. The van der Waals surface area contributed by atoms with Crippen LogP contribution in [0.2, 0.25) is 0 Å². The number of H-pyrrole nitrogens is 1. The van der Waals surface area contributed by atoms with Crippen LogP contribution in [0.3, 0.4) is 0 Å². The zero-order valence-electron chi connectivity index (χ0n) is 38.4. The van der Waals surface area contributed by atoms with Gasteiger partial charge in [-0.05, 0) is 98.3 Å². The molecule has 2 heterocycles. The number of carboxylic acid groups (broad SMARTS) is 1. The average molecular weight is 928 g/mol. The van der Waals surface area contributed by atoms with Crippen molar-refractivity contribution in [3.63, 3.8) is 0 Å². The van der Waals surface area contributed by atoms with E-state index in [1.54, 1.807) is 38.1 Å². The van der Waals surface area contributed by atoms with E-state index >= 15 is 0 Å². The Labute approximate surface area is 380 Å². The molecule has 0 spiro atoms. The molecule has 66 heavy (non-hydrogen) atoms. The van der Waals surface area contributed by atoms with Crippen LogP contribution >= 0.6 is 0 Å². The van der Waals surface area contributed by atoms with Gasteiger partial charge in [0, 0.05) is 47.8 Å². The van der Waals surface area contributed by atoms with Crippen LogP contribution in [0.1, 0.15) is 101 Å². The monoisotopic (exact) mass is 927 g/mol. The first kappa shape index (κ1) is 53.2. The molecule has 2 aromatic rings. The number of anilines is 2. The van der Waals surface area contributed by atoms with Crippen molar-refractivity contribution in [2.45, 2.75) is 119 Å². The van der Waals surface area contributed by atoms with E-state index in [0.717, 1.165) is 54.6 Å².